The minimum absolute atomic E-state index is 0.597. The molecule has 0 N–H and O–H groups in total. The Morgan fingerprint density at radius 3 is 2.10 bits per heavy atom. The quantitative estimate of drug-likeness (QED) is 0.424. The van der Waals surface area contributed by atoms with E-state index in [1.54, 1.807) is 38.5 Å². The lowest BCUT2D eigenvalue weighted by Gasteiger charge is -2.71. The topological polar surface area (TPSA) is 0 Å². The fourth-order valence-electron chi connectivity index (χ4n) is 11.8. The Morgan fingerprint density at radius 2 is 1.40 bits per heavy atom. The maximum atomic E-state index is 2.83. The average molecular weight is 413 g/mol. The molecule has 5 saturated carbocycles. The maximum absolute atomic E-state index is 2.83. The van der Waals surface area contributed by atoms with Crippen molar-refractivity contribution in [2.45, 2.75) is 126 Å². The first-order valence-electron chi connectivity index (χ1n) is 14.1. The van der Waals surface area contributed by atoms with Gasteiger partial charge in [-0.3, -0.25) is 0 Å². The highest BCUT2D eigenvalue weighted by atomic mass is 14.7. The van der Waals surface area contributed by atoms with Crippen molar-refractivity contribution in [1.29, 1.82) is 0 Å². The molecule has 0 heteroatoms. The minimum atomic E-state index is 0.597. The molecule has 0 unspecified atom stereocenters. The fourth-order valence-corrected chi connectivity index (χ4v) is 11.8. The van der Waals surface area contributed by atoms with E-state index in [-0.39, 0.29) is 0 Å². The maximum Gasteiger partial charge on any atom is -0.0235 e. The molecular weight excluding hydrogens is 360 g/mol. The molecule has 0 bridgehead atoms. The molecular formula is C30H52. The Labute approximate surface area is 188 Å². The predicted molar refractivity (Wildman–Crippen MR) is 129 cm³/mol. The first-order valence-corrected chi connectivity index (χ1v) is 14.1. The molecule has 0 nitrogen and oxygen atoms in total. The van der Waals surface area contributed by atoms with E-state index < -0.39 is 0 Å². The van der Waals surface area contributed by atoms with Crippen molar-refractivity contribution in [2.24, 2.45) is 63.1 Å². The second-order valence-corrected chi connectivity index (χ2v) is 14.4. The Balaban J connectivity index is 1.50. The van der Waals surface area contributed by atoms with Gasteiger partial charge < -0.3 is 0 Å². The highest BCUT2D eigenvalue weighted by Crippen LogP contribution is 2.76. The van der Waals surface area contributed by atoms with E-state index in [9.17, 15) is 0 Å². The number of rotatable bonds is 2. The van der Waals surface area contributed by atoms with E-state index >= 15 is 0 Å². The molecule has 5 rings (SSSR count). The summed E-state index contributed by atoms with van der Waals surface area (Å²) in [6, 6.07) is 0. The van der Waals surface area contributed by atoms with E-state index in [2.05, 4.69) is 48.5 Å². The molecule has 5 aliphatic rings. The molecule has 9 atom stereocenters. The number of fused-ring (bicyclic) bond motifs is 7. The van der Waals surface area contributed by atoms with Crippen LogP contribution in [-0.4, -0.2) is 0 Å². The SMILES string of the molecule is CC[C@]12CC[C@H](C(C)C)[C@H]1CC[C@]1(C)[C@@H]2CC[C@@H]2[C@H]3CCCC(C)(C)[C@@H]3CC[C@]21C. The molecule has 0 aromatic carbocycles. The third-order valence-electron chi connectivity index (χ3n) is 13.4. The van der Waals surface area contributed by atoms with Crippen molar-refractivity contribution < 1.29 is 0 Å². The van der Waals surface area contributed by atoms with Crippen molar-refractivity contribution in [3.63, 3.8) is 0 Å². The predicted octanol–water partition coefficient (Wildman–Crippen LogP) is 9.13. The summed E-state index contributed by atoms with van der Waals surface area (Å²) < 4.78 is 0. The molecule has 0 aliphatic heterocycles. The van der Waals surface area contributed by atoms with Crippen molar-refractivity contribution in [1.82, 2.24) is 0 Å². The minimum Gasteiger partial charge on any atom is -0.0648 e. The zero-order valence-electron chi connectivity index (χ0n) is 21.5. The van der Waals surface area contributed by atoms with Crippen LogP contribution in [-0.2, 0) is 0 Å². The standard InChI is InChI=1S/C30H52/c1-8-30-19-13-21(20(2)3)25(30)15-18-29(7)26(30)12-11-24-22-10-9-16-27(4,5)23(22)14-17-28(24,29)6/h20-26H,8-19H2,1-7H3/t21-,22+,23-,24-,25-,26+,28-,29-,30+/m1/s1. The van der Waals surface area contributed by atoms with E-state index in [1.807, 2.05) is 0 Å². The van der Waals surface area contributed by atoms with Gasteiger partial charge in [-0.05, 0) is 134 Å². The summed E-state index contributed by atoms with van der Waals surface area (Å²) >= 11 is 0. The summed E-state index contributed by atoms with van der Waals surface area (Å²) in [5.41, 5.74) is 2.48. The lowest BCUT2D eigenvalue weighted by molar-refractivity contribution is -0.220. The van der Waals surface area contributed by atoms with Gasteiger partial charge >= 0.3 is 0 Å². The summed E-state index contributed by atoms with van der Waals surface area (Å²) in [4.78, 5) is 0. The molecule has 0 saturated heterocycles. The Bertz CT molecular complexity index is 659. The summed E-state index contributed by atoms with van der Waals surface area (Å²) in [6.07, 6.45) is 18.4. The monoisotopic (exact) mass is 412 g/mol. The van der Waals surface area contributed by atoms with Gasteiger partial charge in [-0.2, -0.15) is 0 Å². The first-order chi connectivity index (χ1) is 14.1. The zero-order chi connectivity index (χ0) is 21.5. The molecule has 0 heterocycles. The Morgan fingerprint density at radius 1 is 0.700 bits per heavy atom. The van der Waals surface area contributed by atoms with E-state index in [0.29, 0.717) is 21.7 Å². The average Bonchev–Trinajstić information content (AvgIpc) is 3.08. The van der Waals surface area contributed by atoms with Crippen LogP contribution in [0, 0.1) is 63.1 Å². The van der Waals surface area contributed by atoms with Gasteiger partial charge in [0.1, 0.15) is 0 Å². The van der Waals surface area contributed by atoms with Crippen molar-refractivity contribution >= 4 is 0 Å². The van der Waals surface area contributed by atoms with Gasteiger partial charge in [-0.25, -0.2) is 0 Å². The highest BCUT2D eigenvalue weighted by molar-refractivity contribution is 5.17. The molecule has 0 aromatic heterocycles. The summed E-state index contributed by atoms with van der Waals surface area (Å²) in [7, 11) is 0. The molecule has 5 fully saturated rings. The Hall–Kier alpha value is 0. The largest absolute Gasteiger partial charge is 0.0648 e. The highest BCUT2D eigenvalue weighted by Gasteiger charge is 2.68. The van der Waals surface area contributed by atoms with Gasteiger partial charge in [0.15, 0.2) is 0 Å². The van der Waals surface area contributed by atoms with Crippen LogP contribution in [0.15, 0.2) is 0 Å². The van der Waals surface area contributed by atoms with Gasteiger partial charge in [0.2, 0.25) is 0 Å². The molecule has 30 heavy (non-hydrogen) atoms. The van der Waals surface area contributed by atoms with Crippen LogP contribution in [0.1, 0.15) is 126 Å². The number of hydrogen-bond donors (Lipinski definition) is 0. The zero-order valence-corrected chi connectivity index (χ0v) is 21.5. The van der Waals surface area contributed by atoms with Crippen molar-refractivity contribution in [3.8, 4) is 0 Å². The van der Waals surface area contributed by atoms with Crippen LogP contribution in [0.2, 0.25) is 0 Å². The van der Waals surface area contributed by atoms with E-state index in [0.717, 1.165) is 41.4 Å². The van der Waals surface area contributed by atoms with Crippen LogP contribution in [0.3, 0.4) is 0 Å². The summed E-state index contributed by atoms with van der Waals surface area (Å²) in [5, 5.41) is 0. The number of hydrogen-bond acceptors (Lipinski definition) is 0. The third-order valence-corrected chi connectivity index (χ3v) is 13.4. The summed E-state index contributed by atoms with van der Waals surface area (Å²) in [5.74, 6) is 7.00. The summed E-state index contributed by atoms with van der Waals surface area (Å²) in [6.45, 7) is 18.5. The van der Waals surface area contributed by atoms with Gasteiger partial charge in [0, 0.05) is 0 Å². The molecule has 0 aromatic rings. The van der Waals surface area contributed by atoms with Crippen molar-refractivity contribution in [3.05, 3.63) is 0 Å². The lowest BCUT2D eigenvalue weighted by Crippen LogP contribution is -2.63. The normalized spacial score (nSPS) is 54.8. The van der Waals surface area contributed by atoms with Crippen LogP contribution >= 0.6 is 0 Å². The lowest BCUT2D eigenvalue weighted by atomic mass is 9.34. The second kappa shape index (κ2) is 7.00. The first kappa shape index (κ1) is 21.8. The van der Waals surface area contributed by atoms with Gasteiger partial charge in [-0.1, -0.05) is 54.9 Å². The smallest absolute Gasteiger partial charge is 0.0235 e. The van der Waals surface area contributed by atoms with Crippen LogP contribution in [0.25, 0.3) is 0 Å². The van der Waals surface area contributed by atoms with Gasteiger partial charge in [-0.15, -0.1) is 0 Å². The second-order valence-electron chi connectivity index (χ2n) is 14.4. The molecule has 0 radical (unpaired) electrons. The van der Waals surface area contributed by atoms with Gasteiger partial charge in [0.05, 0.1) is 0 Å². The molecule has 5 aliphatic carbocycles. The molecule has 0 spiro atoms. The van der Waals surface area contributed by atoms with Crippen molar-refractivity contribution in [2.75, 3.05) is 0 Å². The van der Waals surface area contributed by atoms with E-state index in [4.69, 9.17) is 0 Å². The van der Waals surface area contributed by atoms with Gasteiger partial charge in [0.25, 0.3) is 0 Å². The van der Waals surface area contributed by atoms with Crippen LogP contribution in [0.4, 0.5) is 0 Å². The fraction of sp³-hybridized carbons (Fsp3) is 1.00. The molecule has 0 amide bonds. The molecule has 172 valence electrons. The van der Waals surface area contributed by atoms with Crippen LogP contribution < -0.4 is 0 Å². The van der Waals surface area contributed by atoms with Crippen LogP contribution in [0.5, 0.6) is 0 Å². The third kappa shape index (κ3) is 2.64. The van der Waals surface area contributed by atoms with E-state index in [1.165, 1.54) is 38.5 Å². The Kier molecular flexibility index (Phi) is 5.09.